The normalized spacial score (nSPS) is 11.0. The van der Waals surface area contributed by atoms with Gasteiger partial charge in [0.05, 0.1) is 23.3 Å². The SMILES string of the molecule is COc1ccc(Br)cc1C(=O)NC(=Cc1cccc([N+](=O)[O-])c1)C(=O)Nc1ccc(C)cc1Br. The van der Waals surface area contributed by atoms with Gasteiger partial charge in [-0.1, -0.05) is 34.1 Å². The van der Waals surface area contributed by atoms with Crippen LogP contribution < -0.4 is 15.4 Å². The molecular formula is C24H19Br2N3O5. The number of anilines is 1. The Morgan fingerprint density at radius 2 is 1.82 bits per heavy atom. The van der Waals surface area contributed by atoms with Crippen LogP contribution >= 0.6 is 31.9 Å². The number of nitro groups is 1. The molecule has 0 saturated carbocycles. The third-order valence-electron chi connectivity index (χ3n) is 4.66. The summed E-state index contributed by atoms with van der Waals surface area (Å²) >= 11 is 6.74. The average Bonchev–Trinajstić information content (AvgIpc) is 2.80. The van der Waals surface area contributed by atoms with Crippen LogP contribution in [0.4, 0.5) is 11.4 Å². The van der Waals surface area contributed by atoms with Crippen molar-refractivity contribution < 1.29 is 19.2 Å². The summed E-state index contributed by atoms with van der Waals surface area (Å²) in [5.41, 5.74) is 1.80. The molecule has 0 unspecified atom stereocenters. The lowest BCUT2D eigenvalue weighted by atomic mass is 10.1. The van der Waals surface area contributed by atoms with Gasteiger partial charge >= 0.3 is 0 Å². The first-order valence-electron chi connectivity index (χ1n) is 9.86. The smallest absolute Gasteiger partial charge is 0.272 e. The van der Waals surface area contributed by atoms with Crippen molar-refractivity contribution in [3.63, 3.8) is 0 Å². The Kier molecular flexibility index (Phi) is 8.19. The van der Waals surface area contributed by atoms with E-state index in [4.69, 9.17) is 4.74 Å². The minimum absolute atomic E-state index is 0.111. The van der Waals surface area contributed by atoms with Gasteiger partial charge in [0.15, 0.2) is 0 Å². The first kappa shape index (κ1) is 25.1. The lowest BCUT2D eigenvalue weighted by Gasteiger charge is -2.14. The highest BCUT2D eigenvalue weighted by molar-refractivity contribution is 9.10. The predicted octanol–water partition coefficient (Wildman–Crippen LogP) is 5.85. The zero-order valence-corrected chi connectivity index (χ0v) is 21.3. The minimum Gasteiger partial charge on any atom is -0.496 e. The van der Waals surface area contributed by atoms with Crippen LogP contribution in [0, 0.1) is 17.0 Å². The highest BCUT2D eigenvalue weighted by Gasteiger charge is 2.19. The van der Waals surface area contributed by atoms with E-state index >= 15 is 0 Å². The Bertz CT molecular complexity index is 1310. The first-order chi connectivity index (χ1) is 16.2. The van der Waals surface area contributed by atoms with E-state index in [9.17, 15) is 19.7 Å². The minimum atomic E-state index is -0.613. The van der Waals surface area contributed by atoms with Crippen LogP contribution in [0.1, 0.15) is 21.5 Å². The van der Waals surface area contributed by atoms with Crippen LogP contribution in [-0.2, 0) is 4.79 Å². The van der Waals surface area contributed by atoms with Gasteiger partial charge in [-0.05, 0) is 70.4 Å². The Balaban J connectivity index is 2.00. The van der Waals surface area contributed by atoms with Crippen LogP contribution in [0.15, 0.2) is 75.3 Å². The number of nitro benzene ring substituents is 1. The van der Waals surface area contributed by atoms with E-state index in [0.717, 1.165) is 5.56 Å². The number of methoxy groups -OCH3 is 1. The largest absolute Gasteiger partial charge is 0.496 e. The van der Waals surface area contributed by atoms with Gasteiger partial charge in [0.25, 0.3) is 17.5 Å². The van der Waals surface area contributed by atoms with Crippen molar-refractivity contribution >= 4 is 61.1 Å². The fraction of sp³-hybridized carbons (Fsp3) is 0.0833. The average molecular weight is 589 g/mol. The topological polar surface area (TPSA) is 111 Å². The van der Waals surface area contributed by atoms with Gasteiger partial charge < -0.3 is 15.4 Å². The van der Waals surface area contributed by atoms with Gasteiger partial charge in [-0.25, -0.2) is 0 Å². The summed E-state index contributed by atoms with van der Waals surface area (Å²) in [6.45, 7) is 1.91. The molecule has 0 aliphatic carbocycles. The summed E-state index contributed by atoms with van der Waals surface area (Å²) in [5, 5.41) is 16.5. The van der Waals surface area contributed by atoms with E-state index in [1.54, 1.807) is 30.3 Å². The van der Waals surface area contributed by atoms with Gasteiger partial charge in [-0.2, -0.15) is 0 Å². The maximum absolute atomic E-state index is 13.2. The van der Waals surface area contributed by atoms with Crippen LogP contribution in [-0.4, -0.2) is 23.8 Å². The summed E-state index contributed by atoms with van der Waals surface area (Å²) in [4.78, 5) is 36.9. The molecule has 0 saturated heterocycles. The Morgan fingerprint density at radius 3 is 2.50 bits per heavy atom. The molecule has 8 nitrogen and oxygen atoms in total. The zero-order valence-electron chi connectivity index (χ0n) is 18.1. The van der Waals surface area contributed by atoms with Gasteiger partial charge in [-0.15, -0.1) is 0 Å². The molecule has 3 rings (SSSR count). The fourth-order valence-corrected chi connectivity index (χ4v) is 3.97. The van der Waals surface area contributed by atoms with E-state index in [1.807, 2.05) is 19.1 Å². The van der Waals surface area contributed by atoms with Crippen molar-refractivity contribution in [1.82, 2.24) is 5.32 Å². The molecule has 0 radical (unpaired) electrons. The number of nitrogens with zero attached hydrogens (tertiary/aromatic N) is 1. The van der Waals surface area contributed by atoms with E-state index in [1.165, 1.54) is 31.4 Å². The molecule has 0 fully saturated rings. The van der Waals surface area contributed by atoms with E-state index in [0.29, 0.717) is 25.9 Å². The highest BCUT2D eigenvalue weighted by atomic mass is 79.9. The van der Waals surface area contributed by atoms with Crippen molar-refractivity contribution in [2.24, 2.45) is 0 Å². The molecule has 0 spiro atoms. The third kappa shape index (κ3) is 6.30. The molecule has 0 aromatic heterocycles. The fourth-order valence-electron chi connectivity index (χ4n) is 3.01. The second-order valence-corrected chi connectivity index (χ2v) is 8.92. The van der Waals surface area contributed by atoms with E-state index < -0.39 is 16.7 Å². The molecule has 34 heavy (non-hydrogen) atoms. The second-order valence-electron chi connectivity index (χ2n) is 7.15. The second kappa shape index (κ2) is 11.1. The molecular weight excluding hydrogens is 570 g/mol. The number of hydrogen-bond donors (Lipinski definition) is 2. The number of halogens is 2. The summed E-state index contributed by atoms with van der Waals surface area (Å²) in [6.07, 6.45) is 1.37. The van der Waals surface area contributed by atoms with Crippen LogP contribution in [0.25, 0.3) is 6.08 Å². The molecule has 2 N–H and O–H groups in total. The molecule has 0 heterocycles. The van der Waals surface area contributed by atoms with Crippen molar-refractivity contribution in [3.05, 3.63) is 102 Å². The summed E-state index contributed by atoms with van der Waals surface area (Å²) in [6, 6.07) is 16.0. The van der Waals surface area contributed by atoms with Gasteiger partial charge in [0.2, 0.25) is 0 Å². The quantitative estimate of drug-likeness (QED) is 0.204. The number of aryl methyl sites for hydroxylation is 1. The van der Waals surface area contributed by atoms with E-state index in [2.05, 4.69) is 42.5 Å². The van der Waals surface area contributed by atoms with Gasteiger partial charge in [0, 0.05) is 21.1 Å². The van der Waals surface area contributed by atoms with Crippen LogP contribution in [0.5, 0.6) is 5.75 Å². The molecule has 0 aliphatic rings. The van der Waals surface area contributed by atoms with Gasteiger partial charge in [-0.3, -0.25) is 19.7 Å². The molecule has 3 aromatic rings. The van der Waals surface area contributed by atoms with Crippen molar-refractivity contribution in [3.8, 4) is 5.75 Å². The molecule has 3 aromatic carbocycles. The number of ether oxygens (including phenoxy) is 1. The molecule has 0 atom stereocenters. The molecule has 174 valence electrons. The van der Waals surface area contributed by atoms with Crippen molar-refractivity contribution in [2.45, 2.75) is 6.92 Å². The lowest BCUT2D eigenvalue weighted by Crippen LogP contribution is -2.31. The number of carbonyl (C=O) groups is 2. The first-order valence-corrected chi connectivity index (χ1v) is 11.4. The van der Waals surface area contributed by atoms with Gasteiger partial charge in [0.1, 0.15) is 11.4 Å². The summed E-state index contributed by atoms with van der Waals surface area (Å²) in [7, 11) is 1.43. The summed E-state index contributed by atoms with van der Waals surface area (Å²) in [5.74, 6) is -0.886. The number of hydrogen-bond acceptors (Lipinski definition) is 5. The number of rotatable bonds is 7. The highest BCUT2D eigenvalue weighted by Crippen LogP contribution is 2.26. The standard InChI is InChI=1S/C24H19Br2N3O5/c1-14-6-8-20(19(26)10-14)27-24(31)21(12-15-4-3-5-17(11-15)29(32)33)28-23(30)18-13-16(25)7-9-22(18)34-2/h3-13H,1-2H3,(H,27,31)(H,28,30). The number of carbonyl (C=O) groups excluding carboxylic acids is 2. The summed E-state index contributed by atoms with van der Waals surface area (Å²) < 4.78 is 6.57. The van der Waals surface area contributed by atoms with E-state index in [-0.39, 0.29) is 16.9 Å². The van der Waals surface area contributed by atoms with Crippen LogP contribution in [0.2, 0.25) is 0 Å². The number of non-ortho nitro benzene ring substituents is 1. The molecule has 0 bridgehead atoms. The van der Waals surface area contributed by atoms with Crippen molar-refractivity contribution in [1.29, 1.82) is 0 Å². The number of nitrogens with one attached hydrogen (secondary N) is 2. The monoisotopic (exact) mass is 587 g/mol. The van der Waals surface area contributed by atoms with Crippen molar-refractivity contribution in [2.75, 3.05) is 12.4 Å². The zero-order chi connectivity index (χ0) is 24.8. The molecule has 2 amide bonds. The molecule has 0 aliphatic heterocycles. The number of amides is 2. The Morgan fingerprint density at radius 1 is 1.06 bits per heavy atom. The Labute approximate surface area is 212 Å². The lowest BCUT2D eigenvalue weighted by molar-refractivity contribution is -0.384. The molecule has 10 heteroatoms. The Hall–Kier alpha value is -3.50. The number of benzene rings is 3. The maximum atomic E-state index is 13.2. The van der Waals surface area contributed by atoms with Crippen LogP contribution in [0.3, 0.4) is 0 Å². The predicted molar refractivity (Wildman–Crippen MR) is 137 cm³/mol. The maximum Gasteiger partial charge on any atom is 0.272 e. The third-order valence-corrected chi connectivity index (χ3v) is 5.81.